The number of carboxylic acids is 1. The molecule has 1 N–H and O–H groups in total. The number of hydrogen-bond donors (Lipinski definition) is 1. The fraction of sp³-hybridized carbons (Fsp3) is 0.600. The first-order valence-electron chi connectivity index (χ1n) is 5.58. The average Bonchev–Trinajstić information content (AvgIpc) is 2.96. The van der Waals surface area contributed by atoms with Crippen LogP contribution in [0.1, 0.15) is 28.7 Å². The molecule has 8 heteroatoms. The van der Waals surface area contributed by atoms with E-state index in [1.165, 1.54) is 16.7 Å². The summed E-state index contributed by atoms with van der Waals surface area (Å²) in [6.45, 7) is 2.00. The summed E-state index contributed by atoms with van der Waals surface area (Å²) in [5, 5.41) is 13.0. The predicted octanol–water partition coefficient (Wildman–Crippen LogP) is 1.09. The molecular formula is C10H13N3O3S2. The third-order valence-corrected chi connectivity index (χ3v) is 4.43. The number of amides is 1. The van der Waals surface area contributed by atoms with Gasteiger partial charge in [0.25, 0.3) is 5.91 Å². The molecule has 0 bridgehead atoms. The van der Waals surface area contributed by atoms with Crippen molar-refractivity contribution in [3.63, 3.8) is 0 Å². The number of aromatic nitrogens is 2. The van der Waals surface area contributed by atoms with Gasteiger partial charge < -0.3 is 10.0 Å². The molecule has 0 spiro atoms. The lowest BCUT2D eigenvalue weighted by atomic mass is 10.2. The molecule has 0 radical (unpaired) electrons. The zero-order chi connectivity index (χ0) is 13.1. The van der Waals surface area contributed by atoms with Gasteiger partial charge in [0.1, 0.15) is 10.9 Å². The van der Waals surface area contributed by atoms with E-state index in [2.05, 4.69) is 9.59 Å². The summed E-state index contributed by atoms with van der Waals surface area (Å²) in [5.74, 6) is -0.357. The third kappa shape index (κ3) is 2.49. The highest BCUT2D eigenvalue weighted by atomic mass is 32.2. The van der Waals surface area contributed by atoms with E-state index in [1.807, 2.05) is 6.92 Å². The lowest BCUT2D eigenvalue weighted by molar-refractivity contribution is -0.140. The first-order valence-corrected chi connectivity index (χ1v) is 7.50. The molecule has 1 amide bonds. The van der Waals surface area contributed by atoms with Crippen LogP contribution in [-0.4, -0.2) is 49.1 Å². The van der Waals surface area contributed by atoms with Crippen molar-refractivity contribution in [3.05, 3.63) is 10.6 Å². The quantitative estimate of drug-likeness (QED) is 0.892. The number of carbonyl (C=O) groups excluding carboxylic acids is 1. The molecule has 6 nitrogen and oxygen atoms in total. The van der Waals surface area contributed by atoms with Gasteiger partial charge in [-0.15, -0.1) is 16.9 Å². The lowest BCUT2D eigenvalue weighted by Gasteiger charge is -2.19. The molecular weight excluding hydrogens is 274 g/mol. The maximum atomic E-state index is 12.3. The van der Waals surface area contributed by atoms with Crippen LogP contribution in [0.4, 0.5) is 0 Å². The molecule has 2 heterocycles. The van der Waals surface area contributed by atoms with Crippen molar-refractivity contribution in [1.82, 2.24) is 14.5 Å². The highest BCUT2D eigenvalue weighted by Crippen LogP contribution is 2.25. The van der Waals surface area contributed by atoms with Gasteiger partial charge in [-0.2, -0.15) is 0 Å². The standard InChI is InChI=1S/C10H13N3O3S2/c1-2-3-6-8(18-12-11-6)9(14)13-5-17-4-7(13)10(15)16/h7H,2-5H2,1H3,(H,15,16). The highest BCUT2D eigenvalue weighted by molar-refractivity contribution is 7.99. The molecule has 18 heavy (non-hydrogen) atoms. The smallest absolute Gasteiger partial charge is 0.327 e. The molecule has 0 saturated carbocycles. The van der Waals surface area contributed by atoms with E-state index in [0.717, 1.165) is 18.0 Å². The van der Waals surface area contributed by atoms with E-state index in [-0.39, 0.29) is 5.91 Å². The summed E-state index contributed by atoms with van der Waals surface area (Å²) in [7, 11) is 0. The second-order valence-electron chi connectivity index (χ2n) is 3.93. The van der Waals surface area contributed by atoms with Gasteiger partial charge in [0.15, 0.2) is 0 Å². The van der Waals surface area contributed by atoms with Crippen LogP contribution in [0.3, 0.4) is 0 Å². The van der Waals surface area contributed by atoms with Crippen LogP contribution in [0, 0.1) is 0 Å². The van der Waals surface area contributed by atoms with E-state index >= 15 is 0 Å². The Labute approximate surface area is 113 Å². The van der Waals surface area contributed by atoms with Crippen molar-refractivity contribution in [1.29, 1.82) is 0 Å². The van der Waals surface area contributed by atoms with Gasteiger partial charge in [0.2, 0.25) is 0 Å². The second-order valence-corrected chi connectivity index (χ2v) is 5.68. The predicted molar refractivity (Wildman–Crippen MR) is 68.8 cm³/mol. The summed E-state index contributed by atoms with van der Waals surface area (Å²) in [5.41, 5.74) is 0.675. The first kappa shape index (κ1) is 13.3. The summed E-state index contributed by atoms with van der Waals surface area (Å²) in [6, 6.07) is -0.737. The Morgan fingerprint density at radius 3 is 3.00 bits per heavy atom. The van der Waals surface area contributed by atoms with Gasteiger partial charge in [-0.25, -0.2) is 4.79 Å². The molecule has 98 valence electrons. The van der Waals surface area contributed by atoms with Crippen molar-refractivity contribution in [2.24, 2.45) is 0 Å². The minimum atomic E-state index is -0.956. The topological polar surface area (TPSA) is 83.4 Å². The van der Waals surface area contributed by atoms with Gasteiger partial charge in [-0.05, 0) is 18.0 Å². The molecule has 1 aromatic heterocycles. The monoisotopic (exact) mass is 287 g/mol. The first-order chi connectivity index (χ1) is 8.65. The molecule has 1 saturated heterocycles. The largest absolute Gasteiger partial charge is 0.480 e. The zero-order valence-electron chi connectivity index (χ0n) is 9.83. The van der Waals surface area contributed by atoms with Crippen molar-refractivity contribution in [2.75, 3.05) is 11.6 Å². The molecule has 1 fully saturated rings. The number of hydrogen-bond acceptors (Lipinski definition) is 6. The van der Waals surface area contributed by atoms with E-state index in [0.29, 0.717) is 28.6 Å². The Hall–Kier alpha value is -1.15. The fourth-order valence-electron chi connectivity index (χ4n) is 1.75. The Morgan fingerprint density at radius 1 is 1.56 bits per heavy atom. The number of nitrogens with zero attached hydrogens (tertiary/aromatic N) is 3. The number of aliphatic carboxylic acids is 1. The molecule has 1 unspecified atom stereocenters. The molecule has 1 atom stereocenters. The van der Waals surface area contributed by atoms with E-state index < -0.39 is 12.0 Å². The van der Waals surface area contributed by atoms with Crippen LogP contribution >= 0.6 is 23.3 Å². The van der Waals surface area contributed by atoms with Crippen LogP contribution in [0.15, 0.2) is 0 Å². The molecule has 2 rings (SSSR count). The van der Waals surface area contributed by atoms with Gasteiger partial charge >= 0.3 is 5.97 Å². The number of rotatable bonds is 4. The maximum Gasteiger partial charge on any atom is 0.327 e. The molecule has 1 aliphatic rings. The molecule has 1 aliphatic heterocycles. The summed E-state index contributed by atoms with van der Waals surface area (Å²) >= 11 is 2.50. The van der Waals surface area contributed by atoms with E-state index in [1.54, 1.807) is 0 Å². The van der Waals surface area contributed by atoms with Crippen LogP contribution in [0.25, 0.3) is 0 Å². The van der Waals surface area contributed by atoms with Gasteiger partial charge in [-0.1, -0.05) is 17.8 Å². The molecule has 0 aliphatic carbocycles. The van der Waals surface area contributed by atoms with Gasteiger partial charge in [-0.3, -0.25) is 4.79 Å². The highest BCUT2D eigenvalue weighted by Gasteiger charge is 2.36. The Balaban J connectivity index is 2.20. The normalized spacial score (nSPS) is 19.2. The Kier molecular flexibility index (Phi) is 4.18. The van der Waals surface area contributed by atoms with Crippen molar-refractivity contribution in [2.45, 2.75) is 25.8 Å². The minimum Gasteiger partial charge on any atom is -0.480 e. The maximum absolute atomic E-state index is 12.3. The van der Waals surface area contributed by atoms with Crippen LogP contribution < -0.4 is 0 Å². The van der Waals surface area contributed by atoms with Crippen LogP contribution in [0.2, 0.25) is 0 Å². The van der Waals surface area contributed by atoms with E-state index in [9.17, 15) is 9.59 Å². The number of carbonyl (C=O) groups is 2. The molecule has 0 aromatic carbocycles. The SMILES string of the molecule is CCCc1nnsc1C(=O)N1CSCC1C(=O)O. The Bertz CT molecular complexity index is 463. The summed E-state index contributed by atoms with van der Waals surface area (Å²) < 4.78 is 3.79. The number of carboxylic acid groups (broad SMARTS) is 1. The van der Waals surface area contributed by atoms with Crippen molar-refractivity contribution >= 4 is 35.2 Å². The summed E-state index contributed by atoms with van der Waals surface area (Å²) in [6.07, 6.45) is 1.57. The average molecular weight is 287 g/mol. The lowest BCUT2D eigenvalue weighted by Crippen LogP contribution is -2.41. The zero-order valence-corrected chi connectivity index (χ0v) is 11.5. The second kappa shape index (κ2) is 5.66. The van der Waals surface area contributed by atoms with Crippen molar-refractivity contribution in [3.8, 4) is 0 Å². The summed E-state index contributed by atoms with van der Waals surface area (Å²) in [4.78, 5) is 25.2. The van der Waals surface area contributed by atoms with Gasteiger partial charge in [0.05, 0.1) is 11.6 Å². The molecule has 1 aromatic rings. The Morgan fingerprint density at radius 2 is 2.33 bits per heavy atom. The van der Waals surface area contributed by atoms with Gasteiger partial charge in [0, 0.05) is 5.75 Å². The fourth-order valence-corrected chi connectivity index (χ4v) is 3.56. The minimum absolute atomic E-state index is 0.258. The van der Waals surface area contributed by atoms with Crippen LogP contribution in [-0.2, 0) is 11.2 Å². The third-order valence-electron chi connectivity index (χ3n) is 2.67. The number of thioether (sulfide) groups is 1. The van der Waals surface area contributed by atoms with Crippen molar-refractivity contribution < 1.29 is 14.7 Å². The van der Waals surface area contributed by atoms with E-state index in [4.69, 9.17) is 5.11 Å². The number of aryl methyl sites for hydroxylation is 1. The van der Waals surface area contributed by atoms with Crippen LogP contribution in [0.5, 0.6) is 0 Å².